The van der Waals surface area contributed by atoms with Crippen molar-refractivity contribution in [2.24, 2.45) is 11.8 Å². The van der Waals surface area contributed by atoms with E-state index in [9.17, 15) is 8.78 Å². The van der Waals surface area contributed by atoms with Crippen LogP contribution < -0.4 is 0 Å². The molecule has 0 saturated carbocycles. The van der Waals surface area contributed by atoms with Gasteiger partial charge < -0.3 is 4.90 Å². The van der Waals surface area contributed by atoms with Crippen LogP contribution >= 0.6 is 0 Å². The van der Waals surface area contributed by atoms with Crippen LogP contribution in [0.5, 0.6) is 0 Å². The molecule has 7 heteroatoms. The summed E-state index contributed by atoms with van der Waals surface area (Å²) in [6.45, 7) is 6.40. The molecule has 1 aliphatic heterocycles. The second kappa shape index (κ2) is 9.06. The quantitative estimate of drug-likeness (QED) is 0.520. The highest BCUT2D eigenvalue weighted by Crippen LogP contribution is 2.32. The Kier molecular flexibility index (Phi) is 5.81. The van der Waals surface area contributed by atoms with Crippen molar-refractivity contribution in [3.05, 3.63) is 96.2 Å². The molecule has 0 N–H and O–H groups in total. The van der Waals surface area contributed by atoms with Gasteiger partial charge in [-0.25, -0.2) is 18.4 Å². The van der Waals surface area contributed by atoms with Crippen LogP contribution in [0.3, 0.4) is 0 Å². The number of nitriles is 1. The van der Waals surface area contributed by atoms with Gasteiger partial charge in [-0.05, 0) is 66.9 Å². The van der Waals surface area contributed by atoms with Gasteiger partial charge in [-0.1, -0.05) is 18.7 Å². The SMILES string of the molecule is C=C(Cn1nc(-c2ccc(F)cc2)nc1-c1ccc(F)cc1)N1CCC2C=C(C#N)C=CC2C1. The Morgan fingerprint density at radius 3 is 2.38 bits per heavy atom. The van der Waals surface area contributed by atoms with Crippen molar-refractivity contribution in [2.75, 3.05) is 13.1 Å². The molecule has 5 rings (SSSR count). The number of allylic oxidation sites excluding steroid dienone is 4. The van der Waals surface area contributed by atoms with Crippen LogP contribution in [0.25, 0.3) is 22.8 Å². The van der Waals surface area contributed by atoms with Gasteiger partial charge in [-0.3, -0.25) is 0 Å². The Hall–Kier alpha value is -4.05. The van der Waals surface area contributed by atoms with E-state index in [1.165, 1.54) is 24.3 Å². The molecule has 1 saturated heterocycles. The molecule has 1 aliphatic carbocycles. The van der Waals surface area contributed by atoms with E-state index >= 15 is 0 Å². The molecule has 0 bridgehead atoms. The summed E-state index contributed by atoms with van der Waals surface area (Å²) in [5.41, 5.74) is 3.06. The molecule has 34 heavy (non-hydrogen) atoms. The molecular formula is C27H23F2N5. The summed E-state index contributed by atoms with van der Waals surface area (Å²) in [7, 11) is 0. The van der Waals surface area contributed by atoms with E-state index in [1.54, 1.807) is 28.9 Å². The van der Waals surface area contributed by atoms with Gasteiger partial charge >= 0.3 is 0 Å². The average Bonchev–Trinajstić information content (AvgIpc) is 3.27. The van der Waals surface area contributed by atoms with Crippen molar-refractivity contribution >= 4 is 0 Å². The Bertz CT molecular complexity index is 1310. The first-order chi connectivity index (χ1) is 16.5. The van der Waals surface area contributed by atoms with E-state index in [4.69, 9.17) is 5.26 Å². The van der Waals surface area contributed by atoms with Crippen molar-refractivity contribution in [1.82, 2.24) is 19.7 Å². The van der Waals surface area contributed by atoms with Crippen LogP contribution in [0.2, 0.25) is 0 Å². The number of likely N-dealkylation sites (tertiary alicyclic amines) is 1. The predicted molar refractivity (Wildman–Crippen MR) is 126 cm³/mol. The number of halogens is 2. The molecule has 5 nitrogen and oxygen atoms in total. The molecule has 2 atom stereocenters. The zero-order valence-corrected chi connectivity index (χ0v) is 18.5. The Morgan fingerprint density at radius 2 is 1.71 bits per heavy atom. The van der Waals surface area contributed by atoms with Crippen molar-refractivity contribution in [3.8, 4) is 28.8 Å². The summed E-state index contributed by atoms with van der Waals surface area (Å²) >= 11 is 0. The number of rotatable bonds is 5. The zero-order valence-electron chi connectivity index (χ0n) is 18.5. The van der Waals surface area contributed by atoms with Gasteiger partial charge in [-0.2, -0.15) is 10.4 Å². The van der Waals surface area contributed by atoms with Crippen molar-refractivity contribution in [3.63, 3.8) is 0 Å². The van der Waals surface area contributed by atoms with Crippen LogP contribution in [-0.2, 0) is 6.54 Å². The van der Waals surface area contributed by atoms with Gasteiger partial charge in [0.25, 0.3) is 0 Å². The first-order valence-electron chi connectivity index (χ1n) is 11.2. The topological polar surface area (TPSA) is 57.7 Å². The monoisotopic (exact) mass is 455 g/mol. The molecule has 1 aromatic heterocycles. The maximum atomic E-state index is 13.5. The first-order valence-corrected chi connectivity index (χ1v) is 11.2. The predicted octanol–water partition coefficient (Wildman–Crippen LogP) is 5.36. The summed E-state index contributed by atoms with van der Waals surface area (Å²) in [6.07, 6.45) is 7.03. The van der Waals surface area contributed by atoms with Crippen LogP contribution in [0, 0.1) is 34.8 Å². The smallest absolute Gasteiger partial charge is 0.181 e. The molecule has 2 unspecified atom stereocenters. The maximum Gasteiger partial charge on any atom is 0.181 e. The standard InChI is InChI=1S/C27H23F2N5/c1-18(33-13-12-22-14-19(15-30)2-3-23(22)17-33)16-34-27(21-6-10-25(29)11-7-21)31-26(32-34)20-4-8-24(28)9-5-20/h2-11,14,22-23H,1,12-13,16-17H2. The molecule has 1 fully saturated rings. The highest BCUT2D eigenvalue weighted by atomic mass is 19.1. The molecule has 0 spiro atoms. The third-order valence-corrected chi connectivity index (χ3v) is 6.42. The Morgan fingerprint density at radius 1 is 1.03 bits per heavy atom. The first kappa shape index (κ1) is 21.8. The largest absolute Gasteiger partial charge is 0.373 e. The summed E-state index contributed by atoms with van der Waals surface area (Å²) < 4.78 is 28.7. The van der Waals surface area contributed by atoms with Crippen LogP contribution in [-0.4, -0.2) is 32.8 Å². The molecule has 2 heterocycles. The molecule has 0 amide bonds. The molecular weight excluding hydrogens is 432 g/mol. The highest BCUT2D eigenvalue weighted by Gasteiger charge is 2.29. The van der Waals surface area contributed by atoms with Crippen LogP contribution in [0.4, 0.5) is 8.78 Å². The number of hydrogen-bond donors (Lipinski definition) is 0. The lowest BCUT2D eigenvalue weighted by atomic mass is 9.80. The summed E-state index contributed by atoms with van der Waals surface area (Å²) in [5.74, 6) is 1.12. The second-order valence-electron chi connectivity index (χ2n) is 8.65. The average molecular weight is 456 g/mol. The van der Waals surface area contributed by atoms with Gasteiger partial charge in [0, 0.05) is 41.4 Å². The van der Waals surface area contributed by atoms with Crippen molar-refractivity contribution in [2.45, 2.75) is 13.0 Å². The van der Waals surface area contributed by atoms with E-state index in [-0.39, 0.29) is 11.6 Å². The molecule has 2 aliphatic rings. The number of hydrogen-bond acceptors (Lipinski definition) is 4. The Balaban J connectivity index is 1.40. The lowest BCUT2D eigenvalue weighted by Gasteiger charge is -2.39. The number of piperidine rings is 1. The third kappa shape index (κ3) is 4.40. The van der Waals surface area contributed by atoms with Gasteiger partial charge in [0.05, 0.1) is 12.6 Å². The number of nitrogens with zero attached hydrogens (tertiary/aromatic N) is 5. The lowest BCUT2D eigenvalue weighted by Crippen LogP contribution is -2.40. The fourth-order valence-corrected chi connectivity index (χ4v) is 4.54. The van der Waals surface area contributed by atoms with Gasteiger partial charge in [0.1, 0.15) is 11.6 Å². The molecule has 170 valence electrons. The van der Waals surface area contributed by atoms with Crippen molar-refractivity contribution < 1.29 is 8.78 Å². The fraction of sp³-hybridized carbons (Fsp3) is 0.222. The fourth-order valence-electron chi connectivity index (χ4n) is 4.54. The Labute approximate surface area is 197 Å². The van der Waals surface area contributed by atoms with Gasteiger partial charge in [0.15, 0.2) is 11.6 Å². The number of benzene rings is 2. The summed E-state index contributed by atoms with van der Waals surface area (Å²) in [6, 6.07) is 14.4. The normalized spacial score (nSPS) is 19.3. The van der Waals surface area contributed by atoms with Crippen LogP contribution in [0.15, 0.2) is 84.6 Å². The maximum absolute atomic E-state index is 13.5. The van der Waals surface area contributed by atoms with E-state index in [2.05, 4.69) is 39.8 Å². The van der Waals surface area contributed by atoms with E-state index in [1.807, 2.05) is 6.08 Å². The van der Waals surface area contributed by atoms with Crippen LogP contribution in [0.1, 0.15) is 6.42 Å². The molecule has 0 radical (unpaired) electrons. The van der Waals surface area contributed by atoms with E-state index in [0.29, 0.717) is 35.6 Å². The van der Waals surface area contributed by atoms with E-state index in [0.717, 1.165) is 36.3 Å². The highest BCUT2D eigenvalue weighted by molar-refractivity contribution is 5.61. The minimum atomic E-state index is -0.327. The van der Waals surface area contributed by atoms with Crippen molar-refractivity contribution in [1.29, 1.82) is 5.26 Å². The minimum absolute atomic E-state index is 0.324. The molecule has 2 aromatic carbocycles. The lowest BCUT2D eigenvalue weighted by molar-refractivity contribution is 0.196. The van der Waals surface area contributed by atoms with E-state index < -0.39 is 0 Å². The second-order valence-corrected chi connectivity index (χ2v) is 8.65. The van der Waals surface area contributed by atoms with Gasteiger partial charge in [0.2, 0.25) is 0 Å². The number of fused-ring (bicyclic) bond motifs is 1. The number of aromatic nitrogens is 3. The third-order valence-electron chi connectivity index (χ3n) is 6.42. The molecule has 3 aromatic rings. The summed E-state index contributed by atoms with van der Waals surface area (Å²) in [4.78, 5) is 6.94. The summed E-state index contributed by atoms with van der Waals surface area (Å²) in [5, 5.41) is 13.9. The minimum Gasteiger partial charge on any atom is -0.373 e. The van der Waals surface area contributed by atoms with Gasteiger partial charge in [-0.15, -0.1) is 0 Å². The zero-order chi connectivity index (χ0) is 23.7.